The average Bonchev–Trinajstić information content (AvgIpc) is 2.76. The number of unbranched alkanes of at least 4 members (excludes halogenated alkanes) is 1. The zero-order valence-electron chi connectivity index (χ0n) is 20.8. The minimum Gasteiger partial charge on any atom is -0.394 e. The highest BCUT2D eigenvalue weighted by atomic mass is 16.3. The Morgan fingerprint density at radius 1 is 1.16 bits per heavy atom. The van der Waals surface area contributed by atoms with Crippen LogP contribution >= 0.6 is 0 Å². The van der Waals surface area contributed by atoms with Gasteiger partial charge in [-0.3, -0.25) is 9.69 Å². The van der Waals surface area contributed by atoms with Gasteiger partial charge in [0, 0.05) is 13.0 Å². The smallest absolute Gasteiger partial charge is 0.324 e. The number of urea groups is 1. The second-order valence-electron chi connectivity index (χ2n) is 8.50. The lowest BCUT2D eigenvalue weighted by Gasteiger charge is -2.27. The second-order valence-corrected chi connectivity index (χ2v) is 8.50. The molecule has 0 aliphatic rings. The summed E-state index contributed by atoms with van der Waals surface area (Å²) in [7, 11) is 0. The zero-order valence-corrected chi connectivity index (χ0v) is 20.8. The van der Waals surface area contributed by atoms with Crippen molar-refractivity contribution >= 4 is 17.5 Å². The lowest BCUT2D eigenvalue weighted by molar-refractivity contribution is -0.130. The van der Waals surface area contributed by atoms with E-state index in [9.17, 15) is 14.7 Å². The third-order valence-corrected chi connectivity index (χ3v) is 4.61. The molecular weight excluding hydrogens is 400 g/mol. The van der Waals surface area contributed by atoms with Crippen LogP contribution in [0.1, 0.15) is 78.0 Å². The van der Waals surface area contributed by atoms with Gasteiger partial charge in [0.25, 0.3) is 0 Å². The average molecular weight is 443 g/mol. The molecule has 0 saturated heterocycles. The Hall–Kier alpha value is -2.66. The third-order valence-electron chi connectivity index (χ3n) is 4.61. The van der Waals surface area contributed by atoms with Crippen molar-refractivity contribution in [2.24, 2.45) is 5.41 Å². The molecule has 1 atom stereocenters. The number of hydrogen-bond acceptors (Lipinski definition) is 3. The van der Waals surface area contributed by atoms with Crippen LogP contribution in [0.25, 0.3) is 5.57 Å². The SMILES string of the molecule is C=C/C=C(\C=C)c1ccc(C(CO)NC(=O)N(CCCC)C(=O)CC(C)(C)C)cc1.CC. The summed E-state index contributed by atoms with van der Waals surface area (Å²) in [5, 5.41) is 12.7. The summed E-state index contributed by atoms with van der Waals surface area (Å²) in [5.41, 5.74) is 2.44. The molecule has 1 rings (SSSR count). The molecule has 178 valence electrons. The monoisotopic (exact) mass is 442 g/mol. The van der Waals surface area contributed by atoms with Gasteiger partial charge in [0.05, 0.1) is 12.6 Å². The van der Waals surface area contributed by atoms with Gasteiger partial charge in [-0.25, -0.2) is 4.79 Å². The normalized spacial score (nSPS) is 12.2. The Kier molecular flexibility index (Phi) is 13.9. The molecule has 0 spiro atoms. The molecular formula is C27H42N2O3. The minimum absolute atomic E-state index is 0.203. The van der Waals surface area contributed by atoms with Crippen LogP contribution in [0.2, 0.25) is 0 Å². The Bertz CT molecular complexity index is 758. The lowest BCUT2D eigenvalue weighted by atomic mass is 9.91. The van der Waals surface area contributed by atoms with Crippen LogP contribution in [0.4, 0.5) is 4.79 Å². The molecule has 0 bridgehead atoms. The summed E-state index contributed by atoms with van der Waals surface area (Å²) in [6.07, 6.45) is 7.20. The number of aliphatic hydroxyl groups is 1. The second kappa shape index (κ2) is 15.2. The number of carbonyl (C=O) groups excluding carboxylic acids is 2. The third kappa shape index (κ3) is 10.1. The summed E-state index contributed by atoms with van der Waals surface area (Å²) in [4.78, 5) is 26.9. The van der Waals surface area contributed by atoms with Gasteiger partial charge in [0.1, 0.15) is 0 Å². The molecule has 0 saturated carbocycles. The van der Waals surface area contributed by atoms with Gasteiger partial charge < -0.3 is 10.4 Å². The van der Waals surface area contributed by atoms with Gasteiger partial charge in [0.15, 0.2) is 0 Å². The number of nitrogens with one attached hydrogen (secondary N) is 1. The fourth-order valence-electron chi connectivity index (χ4n) is 2.98. The van der Waals surface area contributed by atoms with Gasteiger partial charge in [-0.05, 0) is 28.5 Å². The van der Waals surface area contributed by atoms with Crippen LogP contribution in [0.5, 0.6) is 0 Å². The highest BCUT2D eigenvalue weighted by Crippen LogP contribution is 2.22. The molecule has 32 heavy (non-hydrogen) atoms. The molecule has 5 nitrogen and oxygen atoms in total. The highest BCUT2D eigenvalue weighted by molar-refractivity contribution is 5.94. The molecule has 1 aromatic rings. The predicted octanol–water partition coefficient (Wildman–Crippen LogP) is 6.28. The van der Waals surface area contributed by atoms with E-state index in [0.717, 1.165) is 29.5 Å². The van der Waals surface area contributed by atoms with Crippen LogP contribution in [0, 0.1) is 5.41 Å². The molecule has 0 aliphatic heterocycles. The number of amides is 3. The number of hydrogen-bond donors (Lipinski definition) is 2. The fraction of sp³-hybridized carbons (Fsp3) is 0.481. The van der Waals surface area contributed by atoms with E-state index in [1.54, 1.807) is 12.2 Å². The number of benzene rings is 1. The summed E-state index contributed by atoms with van der Waals surface area (Å²) >= 11 is 0. The van der Waals surface area contributed by atoms with E-state index < -0.39 is 12.1 Å². The predicted molar refractivity (Wildman–Crippen MR) is 135 cm³/mol. The Labute approximate surface area is 194 Å². The van der Waals surface area contributed by atoms with Crippen molar-refractivity contribution in [3.8, 4) is 0 Å². The standard InChI is InChI=1S/C25H36N2O3.C2H6/c1-7-10-16-27(23(29)17-25(4,5)6)24(30)26-22(18-28)21-14-12-20(13-15-21)19(9-3)11-8-2;1-2/h8-9,11-15,22,28H,2-3,7,10,16-18H2,1,4-6H3,(H,26,30);1-2H3/b19-11+;. The fourth-order valence-corrected chi connectivity index (χ4v) is 2.98. The molecule has 0 aliphatic carbocycles. The van der Waals surface area contributed by atoms with E-state index in [4.69, 9.17) is 0 Å². The van der Waals surface area contributed by atoms with Gasteiger partial charge in [-0.15, -0.1) is 0 Å². The van der Waals surface area contributed by atoms with Crippen LogP contribution < -0.4 is 5.32 Å². The Morgan fingerprint density at radius 3 is 2.19 bits per heavy atom. The zero-order chi connectivity index (χ0) is 24.7. The maximum Gasteiger partial charge on any atom is 0.324 e. The molecule has 3 amide bonds. The van der Waals surface area contributed by atoms with Crippen molar-refractivity contribution in [1.82, 2.24) is 10.2 Å². The molecule has 2 N–H and O–H groups in total. The van der Waals surface area contributed by atoms with Crippen molar-refractivity contribution < 1.29 is 14.7 Å². The summed E-state index contributed by atoms with van der Waals surface area (Å²) in [6.45, 7) is 19.5. The van der Waals surface area contributed by atoms with E-state index in [2.05, 4.69) is 18.5 Å². The summed E-state index contributed by atoms with van der Waals surface area (Å²) < 4.78 is 0. The number of aliphatic hydroxyl groups excluding tert-OH is 1. The molecule has 0 fully saturated rings. The van der Waals surface area contributed by atoms with Crippen LogP contribution in [0.15, 0.2) is 55.7 Å². The Morgan fingerprint density at radius 2 is 1.75 bits per heavy atom. The lowest BCUT2D eigenvalue weighted by Crippen LogP contribution is -2.47. The van der Waals surface area contributed by atoms with Crippen molar-refractivity contribution in [1.29, 1.82) is 0 Å². The maximum absolute atomic E-state index is 12.9. The topological polar surface area (TPSA) is 69.6 Å². The quantitative estimate of drug-likeness (QED) is 0.419. The first-order chi connectivity index (χ1) is 15.2. The van der Waals surface area contributed by atoms with Crippen molar-refractivity contribution in [3.05, 3.63) is 66.8 Å². The van der Waals surface area contributed by atoms with E-state index in [0.29, 0.717) is 6.54 Å². The molecule has 5 heteroatoms. The van der Waals surface area contributed by atoms with Gasteiger partial charge in [-0.1, -0.05) is 104 Å². The molecule has 0 aromatic heterocycles. The van der Waals surface area contributed by atoms with E-state index in [1.807, 2.05) is 71.9 Å². The summed E-state index contributed by atoms with van der Waals surface area (Å²) in [5.74, 6) is -0.203. The molecule has 0 radical (unpaired) electrons. The van der Waals surface area contributed by atoms with E-state index in [1.165, 1.54) is 4.90 Å². The van der Waals surface area contributed by atoms with Gasteiger partial charge >= 0.3 is 6.03 Å². The van der Waals surface area contributed by atoms with Crippen molar-refractivity contribution in [2.45, 2.75) is 66.8 Å². The van der Waals surface area contributed by atoms with E-state index in [-0.39, 0.29) is 24.3 Å². The van der Waals surface area contributed by atoms with Gasteiger partial charge in [-0.2, -0.15) is 0 Å². The first-order valence-corrected chi connectivity index (χ1v) is 11.4. The first kappa shape index (κ1) is 29.3. The number of allylic oxidation sites excluding steroid dienone is 4. The van der Waals surface area contributed by atoms with Crippen LogP contribution in [0.3, 0.4) is 0 Å². The number of imide groups is 1. The number of carbonyl (C=O) groups is 2. The van der Waals surface area contributed by atoms with Crippen molar-refractivity contribution in [3.63, 3.8) is 0 Å². The van der Waals surface area contributed by atoms with E-state index >= 15 is 0 Å². The molecule has 1 unspecified atom stereocenters. The Balaban J connectivity index is 0.00000466. The maximum atomic E-state index is 12.9. The van der Waals surface area contributed by atoms with Crippen LogP contribution in [-0.2, 0) is 4.79 Å². The van der Waals surface area contributed by atoms with Crippen LogP contribution in [-0.4, -0.2) is 35.1 Å². The van der Waals surface area contributed by atoms with Gasteiger partial charge in [0.2, 0.25) is 5.91 Å². The minimum atomic E-state index is -0.603. The largest absolute Gasteiger partial charge is 0.394 e. The highest BCUT2D eigenvalue weighted by Gasteiger charge is 2.27. The summed E-state index contributed by atoms with van der Waals surface area (Å²) in [6, 6.07) is 6.43. The number of rotatable bonds is 10. The van der Waals surface area contributed by atoms with Crippen molar-refractivity contribution in [2.75, 3.05) is 13.2 Å². The first-order valence-electron chi connectivity index (χ1n) is 11.4. The molecule has 0 heterocycles. The number of nitrogens with zero attached hydrogens (tertiary/aromatic N) is 1. The molecule has 1 aromatic carbocycles.